The lowest BCUT2D eigenvalue weighted by Crippen LogP contribution is -2.52. The first kappa shape index (κ1) is 36.6. The number of carbonyl (C=O) groups excluding carboxylic acids is 4. The molecule has 3 N–H and O–H groups in total. The number of nitrogens with one attached hydrogen (secondary N) is 3. The normalized spacial score (nSPS) is 17.4. The predicted molar refractivity (Wildman–Crippen MR) is 198 cm³/mol. The van der Waals surface area contributed by atoms with Crippen molar-refractivity contribution >= 4 is 63.6 Å². The van der Waals surface area contributed by atoms with Gasteiger partial charge in [0.05, 0.1) is 24.4 Å². The number of carbonyl (C=O) groups is 4. The molecule has 7 rings (SSSR count). The van der Waals surface area contributed by atoms with Crippen molar-refractivity contribution < 1.29 is 33.4 Å². The predicted octanol–water partition coefficient (Wildman–Crippen LogP) is 2.68. The summed E-state index contributed by atoms with van der Waals surface area (Å²) in [6.45, 7) is 2.08. The Morgan fingerprint density at radius 3 is 2.61 bits per heavy atom. The van der Waals surface area contributed by atoms with E-state index in [0.29, 0.717) is 77.4 Å². The van der Waals surface area contributed by atoms with Crippen LogP contribution in [0.15, 0.2) is 53.5 Å². The van der Waals surface area contributed by atoms with Crippen molar-refractivity contribution in [1.82, 2.24) is 30.1 Å². The Morgan fingerprint density at radius 1 is 1.02 bits per heavy atom. The number of rotatable bonds is 12. The molecule has 0 bridgehead atoms. The van der Waals surface area contributed by atoms with E-state index in [1.54, 1.807) is 37.5 Å². The molecule has 1 atom stereocenters. The molecule has 0 aliphatic carbocycles. The Balaban J connectivity index is 0.896. The van der Waals surface area contributed by atoms with Gasteiger partial charge < -0.3 is 39.2 Å². The van der Waals surface area contributed by atoms with Crippen molar-refractivity contribution in [3.63, 3.8) is 0 Å². The van der Waals surface area contributed by atoms with Gasteiger partial charge >= 0.3 is 0 Å². The molecule has 3 aliphatic heterocycles. The lowest BCUT2D eigenvalue weighted by atomic mass is 10.0. The first-order valence-corrected chi connectivity index (χ1v) is 18.0. The SMILES string of the molecule is CNC(=O)COc1cc2cc(Nc3nc(N4CCC(OCCOc5ccc6c(c5)CN(C5CCC(=O)NC5=O)C6=O)CC4)ncc3Cl)ccc2n(C)c1=O. The molecule has 17 heteroatoms. The van der Waals surface area contributed by atoms with Gasteiger partial charge in [-0.2, -0.15) is 4.98 Å². The minimum atomic E-state index is -0.661. The number of piperidine rings is 2. The van der Waals surface area contributed by atoms with Crippen molar-refractivity contribution in [2.75, 3.05) is 50.2 Å². The number of aromatic nitrogens is 3. The van der Waals surface area contributed by atoms with Crippen molar-refractivity contribution in [1.29, 1.82) is 0 Å². The number of imide groups is 1. The summed E-state index contributed by atoms with van der Waals surface area (Å²) in [5.41, 5.74) is 2.33. The molecule has 2 aromatic heterocycles. The highest BCUT2D eigenvalue weighted by Gasteiger charge is 2.39. The van der Waals surface area contributed by atoms with E-state index < -0.39 is 11.9 Å². The van der Waals surface area contributed by atoms with Crippen LogP contribution in [0.1, 0.15) is 41.6 Å². The second-order valence-electron chi connectivity index (χ2n) is 13.2. The number of benzene rings is 2. The van der Waals surface area contributed by atoms with E-state index in [1.807, 2.05) is 18.2 Å². The average Bonchev–Trinajstić information content (AvgIpc) is 3.49. The van der Waals surface area contributed by atoms with Crippen LogP contribution in [0.3, 0.4) is 0 Å². The molecule has 4 amide bonds. The van der Waals surface area contributed by atoms with Crippen molar-refractivity contribution in [3.05, 3.63) is 75.2 Å². The van der Waals surface area contributed by atoms with Gasteiger partial charge in [-0.25, -0.2) is 4.98 Å². The Bertz CT molecular complexity index is 2190. The summed E-state index contributed by atoms with van der Waals surface area (Å²) in [7, 11) is 3.14. The minimum Gasteiger partial charge on any atom is -0.491 e. The zero-order chi connectivity index (χ0) is 37.9. The molecular formula is C37H39ClN8O8. The standard InChI is InChI=1S/C37H39ClN8O8/c1-39-32(48)20-54-30-17-21-15-23(3-6-28(21)44(2)36(30)51)41-33-27(38)18-40-37(43-33)45-11-9-24(10-12-45)52-13-14-53-25-4-5-26-22(16-25)19-46(35(26)50)29-7-8-31(47)42-34(29)49/h3-6,15-18,24,29H,7-14,19-20H2,1-2H3,(H,39,48)(H,40,41,43)(H,42,47,49). The molecule has 2 aromatic carbocycles. The third-order valence-electron chi connectivity index (χ3n) is 9.75. The van der Waals surface area contributed by atoms with Gasteiger partial charge in [0, 0.05) is 56.8 Å². The molecule has 0 radical (unpaired) electrons. The number of nitrogens with zero attached hydrogens (tertiary/aromatic N) is 5. The number of halogens is 1. The molecule has 5 heterocycles. The molecule has 0 saturated carbocycles. The van der Waals surface area contributed by atoms with Crippen molar-refractivity contribution in [2.24, 2.45) is 7.05 Å². The van der Waals surface area contributed by atoms with Crippen LogP contribution in [0.2, 0.25) is 5.02 Å². The van der Waals surface area contributed by atoms with E-state index in [9.17, 15) is 24.0 Å². The number of amides is 4. The first-order chi connectivity index (χ1) is 26.1. The first-order valence-electron chi connectivity index (χ1n) is 17.6. The number of fused-ring (bicyclic) bond motifs is 2. The van der Waals surface area contributed by atoms with Gasteiger partial charge in [-0.3, -0.25) is 29.3 Å². The van der Waals surface area contributed by atoms with E-state index in [4.69, 9.17) is 30.8 Å². The van der Waals surface area contributed by atoms with Crippen LogP contribution in [0.5, 0.6) is 11.5 Å². The second-order valence-corrected chi connectivity index (χ2v) is 13.6. The monoisotopic (exact) mass is 758 g/mol. The second kappa shape index (κ2) is 15.7. The molecule has 2 fully saturated rings. The maximum atomic E-state index is 13.0. The lowest BCUT2D eigenvalue weighted by Gasteiger charge is -2.32. The van der Waals surface area contributed by atoms with Crippen LogP contribution in [-0.2, 0) is 32.7 Å². The minimum absolute atomic E-state index is 0.0354. The fourth-order valence-corrected chi connectivity index (χ4v) is 6.96. The number of aryl methyl sites for hydroxylation is 1. The fraction of sp³-hybridized carbons (Fsp3) is 0.378. The topological polar surface area (TPSA) is 186 Å². The Labute approximate surface area is 314 Å². The van der Waals surface area contributed by atoms with Gasteiger partial charge in [0.2, 0.25) is 17.8 Å². The van der Waals surface area contributed by atoms with E-state index in [-0.39, 0.29) is 54.7 Å². The van der Waals surface area contributed by atoms with E-state index in [1.165, 1.54) is 16.5 Å². The summed E-state index contributed by atoms with van der Waals surface area (Å²) in [5, 5.41) is 9.11. The summed E-state index contributed by atoms with van der Waals surface area (Å²) < 4.78 is 19.0. The molecule has 3 aliphatic rings. The van der Waals surface area contributed by atoms with Crippen molar-refractivity contribution in [2.45, 2.75) is 44.4 Å². The number of anilines is 3. The average molecular weight is 759 g/mol. The maximum Gasteiger partial charge on any atom is 0.293 e. The summed E-state index contributed by atoms with van der Waals surface area (Å²) in [4.78, 5) is 74.0. The maximum absolute atomic E-state index is 13.0. The number of hydrogen-bond donors (Lipinski definition) is 3. The van der Waals surface area contributed by atoms with Crippen LogP contribution >= 0.6 is 11.6 Å². The Morgan fingerprint density at radius 2 is 1.83 bits per heavy atom. The molecule has 282 valence electrons. The highest BCUT2D eigenvalue weighted by Crippen LogP contribution is 2.31. The Kier molecular flexibility index (Phi) is 10.6. The van der Waals surface area contributed by atoms with Crippen LogP contribution < -0.4 is 35.9 Å². The summed E-state index contributed by atoms with van der Waals surface area (Å²) in [5.74, 6) is 0.307. The number of hydrogen-bond acceptors (Lipinski definition) is 12. The highest BCUT2D eigenvalue weighted by molar-refractivity contribution is 6.33. The van der Waals surface area contributed by atoms with Crippen LogP contribution in [0, 0.1) is 0 Å². The fourth-order valence-electron chi connectivity index (χ4n) is 6.82. The van der Waals surface area contributed by atoms with Gasteiger partial charge in [0.1, 0.15) is 23.4 Å². The molecule has 16 nitrogen and oxygen atoms in total. The lowest BCUT2D eigenvalue weighted by molar-refractivity contribution is -0.137. The smallest absolute Gasteiger partial charge is 0.293 e. The molecule has 4 aromatic rings. The zero-order valence-electron chi connectivity index (χ0n) is 29.7. The molecule has 1 unspecified atom stereocenters. The quantitative estimate of drug-likeness (QED) is 0.142. The third kappa shape index (κ3) is 7.79. The molecule has 54 heavy (non-hydrogen) atoms. The van der Waals surface area contributed by atoms with Crippen molar-refractivity contribution in [3.8, 4) is 11.5 Å². The summed E-state index contributed by atoms with van der Waals surface area (Å²) in [6.07, 6.45) is 3.64. The van der Waals surface area contributed by atoms with Gasteiger partial charge in [-0.15, -0.1) is 0 Å². The van der Waals surface area contributed by atoms with Crippen LogP contribution in [0.25, 0.3) is 10.9 Å². The Hall–Kier alpha value is -5.74. The van der Waals surface area contributed by atoms with Gasteiger partial charge in [0.25, 0.3) is 17.4 Å². The number of likely N-dealkylation sites (N-methyl/N-ethyl adjacent to an activating group) is 1. The van der Waals surface area contributed by atoms with E-state index in [2.05, 4.69) is 25.8 Å². The van der Waals surface area contributed by atoms with Crippen LogP contribution in [-0.4, -0.2) is 95.2 Å². The largest absolute Gasteiger partial charge is 0.491 e. The number of pyridine rings is 1. The molecule has 2 saturated heterocycles. The van der Waals surface area contributed by atoms with Gasteiger partial charge in [-0.1, -0.05) is 11.6 Å². The third-order valence-corrected chi connectivity index (χ3v) is 10.0. The summed E-state index contributed by atoms with van der Waals surface area (Å²) >= 11 is 6.50. The van der Waals surface area contributed by atoms with Crippen LogP contribution in [0.4, 0.5) is 17.5 Å². The van der Waals surface area contributed by atoms with E-state index >= 15 is 0 Å². The number of ether oxygens (including phenoxy) is 3. The van der Waals surface area contributed by atoms with E-state index in [0.717, 1.165) is 18.4 Å². The zero-order valence-corrected chi connectivity index (χ0v) is 30.5. The van der Waals surface area contributed by atoms with Gasteiger partial charge in [-0.05, 0) is 67.3 Å². The molecule has 0 spiro atoms. The van der Waals surface area contributed by atoms with Gasteiger partial charge in [0.15, 0.2) is 18.2 Å². The molecular weight excluding hydrogens is 720 g/mol. The summed E-state index contributed by atoms with van der Waals surface area (Å²) in [6, 6.07) is 11.7. The highest BCUT2D eigenvalue weighted by atomic mass is 35.5.